The topological polar surface area (TPSA) is 76.1 Å². The maximum absolute atomic E-state index is 6.45. The van der Waals surface area contributed by atoms with Gasteiger partial charge in [0.05, 0.1) is 27.1 Å². The minimum Gasteiger partial charge on any atom is -0.398 e. The molecule has 0 saturated carbocycles. The number of anilines is 3. The molecule has 0 unspecified atom stereocenters. The SMILES string of the molecule is Nc1ccc(-c2ccc(N)c(Cl)c2NC(=S)NCc2ccccc2)cc1Cl. The lowest BCUT2D eigenvalue weighted by Crippen LogP contribution is -2.28. The molecule has 7 heteroatoms. The summed E-state index contributed by atoms with van der Waals surface area (Å²) in [5.74, 6) is 0. The van der Waals surface area contributed by atoms with Crippen molar-refractivity contribution in [2.24, 2.45) is 0 Å². The number of hydrogen-bond donors (Lipinski definition) is 4. The van der Waals surface area contributed by atoms with Crippen LogP contribution in [0.2, 0.25) is 10.0 Å². The van der Waals surface area contributed by atoms with Gasteiger partial charge in [-0.2, -0.15) is 0 Å². The molecule has 3 aromatic carbocycles. The van der Waals surface area contributed by atoms with Crippen LogP contribution < -0.4 is 22.1 Å². The summed E-state index contributed by atoms with van der Waals surface area (Å²) in [4.78, 5) is 0. The van der Waals surface area contributed by atoms with Crippen LogP contribution in [-0.4, -0.2) is 5.11 Å². The van der Waals surface area contributed by atoms with Crippen molar-refractivity contribution >= 4 is 57.6 Å². The van der Waals surface area contributed by atoms with Gasteiger partial charge in [0.1, 0.15) is 0 Å². The Morgan fingerprint density at radius 3 is 2.33 bits per heavy atom. The third-order valence-corrected chi connectivity index (χ3v) is 5.00. The quantitative estimate of drug-likeness (QED) is 0.342. The van der Waals surface area contributed by atoms with Crippen molar-refractivity contribution in [3.05, 3.63) is 76.3 Å². The van der Waals surface area contributed by atoms with E-state index in [1.807, 2.05) is 42.5 Å². The maximum atomic E-state index is 6.45. The summed E-state index contributed by atoms with van der Waals surface area (Å²) in [6.45, 7) is 0.593. The van der Waals surface area contributed by atoms with Crippen molar-refractivity contribution < 1.29 is 0 Å². The van der Waals surface area contributed by atoms with Crippen LogP contribution in [-0.2, 0) is 6.54 Å². The summed E-state index contributed by atoms with van der Waals surface area (Å²) in [5, 5.41) is 7.63. The lowest BCUT2D eigenvalue weighted by Gasteiger charge is -2.17. The van der Waals surface area contributed by atoms with E-state index in [1.165, 1.54) is 0 Å². The van der Waals surface area contributed by atoms with Gasteiger partial charge in [0.25, 0.3) is 0 Å². The van der Waals surface area contributed by atoms with Gasteiger partial charge in [0.15, 0.2) is 5.11 Å². The Kier molecular flexibility index (Phi) is 6.06. The van der Waals surface area contributed by atoms with Crippen molar-refractivity contribution in [3.63, 3.8) is 0 Å². The standard InChI is InChI=1S/C20H18Cl2N4S/c21-15-10-13(6-8-16(15)23)14-7-9-17(24)18(22)19(14)26-20(27)25-11-12-4-2-1-3-5-12/h1-10H,11,23-24H2,(H2,25,26,27). The predicted octanol–water partition coefficient (Wildman–Crippen LogP) is 5.31. The van der Waals surface area contributed by atoms with E-state index in [2.05, 4.69) is 10.6 Å². The van der Waals surface area contributed by atoms with E-state index in [1.54, 1.807) is 18.2 Å². The van der Waals surface area contributed by atoms with Crippen LogP contribution in [0.1, 0.15) is 5.56 Å². The fourth-order valence-electron chi connectivity index (χ4n) is 2.59. The molecule has 0 radical (unpaired) electrons. The second kappa shape index (κ2) is 8.48. The molecule has 0 saturated heterocycles. The molecular weight excluding hydrogens is 399 g/mol. The Hall–Kier alpha value is -2.47. The summed E-state index contributed by atoms with van der Waals surface area (Å²) < 4.78 is 0. The number of rotatable bonds is 4. The molecule has 0 fully saturated rings. The maximum Gasteiger partial charge on any atom is 0.171 e. The van der Waals surface area contributed by atoms with Gasteiger partial charge in [-0.05, 0) is 41.5 Å². The van der Waals surface area contributed by atoms with Crippen LogP contribution in [0.5, 0.6) is 0 Å². The van der Waals surface area contributed by atoms with Gasteiger partial charge in [-0.15, -0.1) is 0 Å². The number of nitrogens with one attached hydrogen (secondary N) is 2. The lowest BCUT2D eigenvalue weighted by atomic mass is 10.0. The first-order valence-electron chi connectivity index (χ1n) is 8.18. The number of benzene rings is 3. The van der Waals surface area contributed by atoms with Crippen molar-refractivity contribution in [1.29, 1.82) is 0 Å². The molecule has 0 bridgehead atoms. The highest BCUT2D eigenvalue weighted by Crippen LogP contribution is 2.39. The van der Waals surface area contributed by atoms with E-state index >= 15 is 0 Å². The summed E-state index contributed by atoms with van der Waals surface area (Å²) in [7, 11) is 0. The van der Waals surface area contributed by atoms with E-state index < -0.39 is 0 Å². The third-order valence-electron chi connectivity index (χ3n) is 4.02. The van der Waals surface area contributed by atoms with Crippen molar-refractivity contribution in [1.82, 2.24) is 5.32 Å². The Labute approximate surface area is 173 Å². The molecule has 0 aliphatic carbocycles. The first-order valence-corrected chi connectivity index (χ1v) is 9.34. The number of hydrogen-bond acceptors (Lipinski definition) is 3. The highest BCUT2D eigenvalue weighted by atomic mass is 35.5. The van der Waals surface area contributed by atoms with Gasteiger partial charge in [-0.25, -0.2) is 0 Å². The zero-order valence-corrected chi connectivity index (χ0v) is 16.6. The number of halogens is 2. The second-order valence-corrected chi connectivity index (χ2v) is 7.11. The van der Waals surface area contributed by atoms with Gasteiger partial charge in [-0.1, -0.05) is 65.7 Å². The molecular formula is C20H18Cl2N4S. The monoisotopic (exact) mass is 416 g/mol. The van der Waals surface area contributed by atoms with E-state index in [0.717, 1.165) is 16.7 Å². The Morgan fingerprint density at radius 1 is 0.926 bits per heavy atom. The summed E-state index contributed by atoms with van der Waals surface area (Å²) in [6.07, 6.45) is 0. The van der Waals surface area contributed by atoms with Crippen LogP contribution in [0.3, 0.4) is 0 Å². The van der Waals surface area contributed by atoms with Crippen molar-refractivity contribution in [2.75, 3.05) is 16.8 Å². The molecule has 4 nitrogen and oxygen atoms in total. The summed E-state index contributed by atoms with van der Waals surface area (Å²) in [6, 6.07) is 19.0. The summed E-state index contributed by atoms with van der Waals surface area (Å²) >= 11 is 18.0. The summed E-state index contributed by atoms with van der Waals surface area (Å²) in [5.41, 5.74) is 16.2. The minimum atomic E-state index is 0.393. The molecule has 3 rings (SSSR count). The number of nitrogens with two attached hydrogens (primary N) is 2. The van der Waals surface area contributed by atoms with Crippen LogP contribution in [0.25, 0.3) is 11.1 Å². The van der Waals surface area contributed by atoms with Crippen LogP contribution in [0.15, 0.2) is 60.7 Å². The van der Waals surface area contributed by atoms with Gasteiger partial charge in [0, 0.05) is 12.1 Å². The van der Waals surface area contributed by atoms with Crippen molar-refractivity contribution in [2.45, 2.75) is 6.54 Å². The van der Waals surface area contributed by atoms with Gasteiger partial charge in [-0.3, -0.25) is 0 Å². The highest BCUT2D eigenvalue weighted by Gasteiger charge is 2.14. The fourth-order valence-corrected chi connectivity index (χ4v) is 3.15. The molecule has 0 atom stereocenters. The first-order chi connectivity index (χ1) is 13.0. The van der Waals surface area contributed by atoms with Gasteiger partial charge >= 0.3 is 0 Å². The average Bonchev–Trinajstić information content (AvgIpc) is 2.67. The smallest absolute Gasteiger partial charge is 0.171 e. The molecule has 6 N–H and O–H groups in total. The molecule has 0 heterocycles. The van der Waals surface area contributed by atoms with Gasteiger partial charge in [0.2, 0.25) is 0 Å². The van der Waals surface area contributed by atoms with Gasteiger partial charge < -0.3 is 22.1 Å². The van der Waals surface area contributed by atoms with E-state index in [9.17, 15) is 0 Å². The van der Waals surface area contributed by atoms with Crippen LogP contribution in [0.4, 0.5) is 17.1 Å². The third kappa shape index (κ3) is 4.63. The molecule has 0 spiro atoms. The molecule has 0 aliphatic rings. The Morgan fingerprint density at radius 2 is 1.63 bits per heavy atom. The van der Waals surface area contributed by atoms with Crippen LogP contribution >= 0.6 is 35.4 Å². The second-order valence-electron chi connectivity index (χ2n) is 5.92. The zero-order valence-electron chi connectivity index (χ0n) is 14.3. The van der Waals surface area contributed by atoms with E-state index in [-0.39, 0.29) is 0 Å². The average molecular weight is 417 g/mol. The molecule has 3 aromatic rings. The fraction of sp³-hybridized carbons (Fsp3) is 0.0500. The Balaban J connectivity index is 1.86. The minimum absolute atomic E-state index is 0.393. The van der Waals surface area contributed by atoms with E-state index in [4.69, 9.17) is 46.9 Å². The molecule has 138 valence electrons. The van der Waals surface area contributed by atoms with Crippen molar-refractivity contribution in [3.8, 4) is 11.1 Å². The molecule has 0 aromatic heterocycles. The molecule has 0 aliphatic heterocycles. The normalized spacial score (nSPS) is 10.4. The van der Waals surface area contributed by atoms with E-state index in [0.29, 0.717) is 38.8 Å². The van der Waals surface area contributed by atoms with Crippen LogP contribution in [0, 0.1) is 0 Å². The number of nitrogen functional groups attached to an aromatic ring is 2. The zero-order chi connectivity index (χ0) is 19.4. The molecule has 27 heavy (non-hydrogen) atoms. The largest absolute Gasteiger partial charge is 0.398 e. The number of thiocarbonyl (C=S) groups is 1. The first kappa shape index (κ1) is 19.3. The Bertz CT molecular complexity index is 977. The lowest BCUT2D eigenvalue weighted by molar-refractivity contribution is 0.926. The molecule has 0 amide bonds. The highest BCUT2D eigenvalue weighted by molar-refractivity contribution is 7.80. The predicted molar refractivity (Wildman–Crippen MR) is 120 cm³/mol.